The normalized spacial score (nSPS) is 10.9. The average Bonchev–Trinajstić information content (AvgIpc) is 2.96. The van der Waals surface area contributed by atoms with Crippen molar-refractivity contribution in [1.82, 2.24) is 10.3 Å². The van der Waals surface area contributed by atoms with Gasteiger partial charge >= 0.3 is 0 Å². The molecule has 0 aliphatic heterocycles. The Morgan fingerprint density at radius 3 is 2.83 bits per heavy atom. The van der Waals surface area contributed by atoms with Crippen LogP contribution in [0.3, 0.4) is 0 Å². The molecule has 0 saturated carbocycles. The van der Waals surface area contributed by atoms with Crippen LogP contribution in [0.25, 0.3) is 11.1 Å². The van der Waals surface area contributed by atoms with Crippen molar-refractivity contribution in [3.63, 3.8) is 0 Å². The van der Waals surface area contributed by atoms with E-state index in [1.54, 1.807) is 6.07 Å². The van der Waals surface area contributed by atoms with E-state index in [0.29, 0.717) is 16.7 Å². The van der Waals surface area contributed by atoms with E-state index in [4.69, 9.17) is 4.42 Å². The van der Waals surface area contributed by atoms with Crippen molar-refractivity contribution in [1.29, 1.82) is 0 Å². The third-order valence-corrected chi connectivity index (χ3v) is 4.01. The zero-order chi connectivity index (χ0) is 17.1. The minimum Gasteiger partial charge on any atom is -0.504 e. The second kappa shape index (κ2) is 6.79. The fourth-order valence-electron chi connectivity index (χ4n) is 2.00. The number of nitrogens with one attached hydrogen (secondary N) is 1. The molecule has 3 N–H and O–H groups in total. The van der Waals surface area contributed by atoms with E-state index in [0.717, 1.165) is 11.8 Å². The SMILES string of the molecule is O=C(CSc1nc2cc(F)ccc2o1)NCc1ccc(O)c(O)c1. The Morgan fingerprint density at radius 1 is 1.21 bits per heavy atom. The molecule has 0 saturated heterocycles. The minimum atomic E-state index is -0.401. The molecule has 0 bridgehead atoms. The van der Waals surface area contributed by atoms with E-state index in [2.05, 4.69) is 10.3 Å². The van der Waals surface area contributed by atoms with Crippen molar-refractivity contribution >= 4 is 28.8 Å². The first-order valence-corrected chi connectivity index (χ1v) is 7.96. The summed E-state index contributed by atoms with van der Waals surface area (Å²) in [6.07, 6.45) is 0. The molecule has 8 heteroatoms. The molecule has 0 atom stereocenters. The van der Waals surface area contributed by atoms with Gasteiger partial charge in [-0.1, -0.05) is 17.8 Å². The molecule has 1 amide bonds. The second-order valence-electron chi connectivity index (χ2n) is 4.98. The van der Waals surface area contributed by atoms with Crippen LogP contribution in [0.1, 0.15) is 5.56 Å². The van der Waals surface area contributed by atoms with Gasteiger partial charge in [0.15, 0.2) is 17.1 Å². The lowest BCUT2D eigenvalue weighted by Gasteiger charge is -2.05. The summed E-state index contributed by atoms with van der Waals surface area (Å²) >= 11 is 1.10. The van der Waals surface area contributed by atoms with E-state index < -0.39 is 5.82 Å². The van der Waals surface area contributed by atoms with Crippen LogP contribution in [-0.2, 0) is 11.3 Å². The van der Waals surface area contributed by atoms with Crippen LogP contribution in [-0.4, -0.2) is 26.9 Å². The largest absolute Gasteiger partial charge is 0.504 e. The number of aromatic hydroxyl groups is 2. The van der Waals surface area contributed by atoms with Crippen LogP contribution in [0.4, 0.5) is 4.39 Å². The van der Waals surface area contributed by atoms with Gasteiger partial charge in [-0.3, -0.25) is 4.79 Å². The van der Waals surface area contributed by atoms with Gasteiger partial charge in [-0.15, -0.1) is 0 Å². The lowest BCUT2D eigenvalue weighted by molar-refractivity contribution is -0.118. The van der Waals surface area contributed by atoms with Gasteiger partial charge in [0.1, 0.15) is 11.3 Å². The number of thioether (sulfide) groups is 1. The Morgan fingerprint density at radius 2 is 2.04 bits per heavy atom. The summed E-state index contributed by atoms with van der Waals surface area (Å²) in [5.74, 6) is -1.02. The van der Waals surface area contributed by atoms with Crippen LogP contribution >= 0.6 is 11.8 Å². The molecular weight excluding hydrogens is 335 g/mol. The number of phenolic OH excluding ortho intramolecular Hbond substituents is 2. The van der Waals surface area contributed by atoms with Gasteiger partial charge < -0.3 is 19.9 Å². The van der Waals surface area contributed by atoms with E-state index in [9.17, 15) is 19.4 Å². The molecule has 3 aromatic rings. The lowest BCUT2D eigenvalue weighted by Crippen LogP contribution is -2.24. The van der Waals surface area contributed by atoms with Crippen LogP contribution in [0.2, 0.25) is 0 Å². The van der Waals surface area contributed by atoms with Gasteiger partial charge in [0, 0.05) is 12.6 Å². The van der Waals surface area contributed by atoms with E-state index in [-0.39, 0.29) is 34.9 Å². The van der Waals surface area contributed by atoms with Crippen LogP contribution in [0, 0.1) is 5.82 Å². The standard InChI is InChI=1S/C16H13FN2O4S/c17-10-2-4-14-11(6-10)19-16(23-14)24-8-15(22)18-7-9-1-3-12(20)13(21)5-9/h1-6,20-21H,7-8H2,(H,18,22). The van der Waals surface area contributed by atoms with Crippen molar-refractivity contribution < 1.29 is 23.8 Å². The number of oxazole rings is 1. The molecule has 24 heavy (non-hydrogen) atoms. The highest BCUT2D eigenvalue weighted by Gasteiger charge is 2.10. The number of hydrogen-bond donors (Lipinski definition) is 3. The number of nitrogens with zero attached hydrogens (tertiary/aromatic N) is 1. The van der Waals surface area contributed by atoms with Gasteiger partial charge in [-0.05, 0) is 29.8 Å². The summed E-state index contributed by atoms with van der Waals surface area (Å²) < 4.78 is 18.5. The number of phenols is 2. The number of halogens is 1. The maximum absolute atomic E-state index is 13.1. The highest BCUT2D eigenvalue weighted by atomic mass is 32.2. The Bertz CT molecular complexity index is 897. The Hall–Kier alpha value is -2.74. The van der Waals surface area contributed by atoms with Crippen LogP contribution < -0.4 is 5.32 Å². The third kappa shape index (κ3) is 3.77. The second-order valence-corrected chi connectivity index (χ2v) is 5.91. The maximum atomic E-state index is 13.1. The first-order chi connectivity index (χ1) is 11.5. The van der Waals surface area contributed by atoms with Gasteiger partial charge in [-0.2, -0.15) is 0 Å². The zero-order valence-electron chi connectivity index (χ0n) is 12.3. The van der Waals surface area contributed by atoms with E-state index in [1.165, 1.54) is 30.3 Å². The molecule has 3 rings (SSSR count). The first-order valence-electron chi connectivity index (χ1n) is 6.98. The highest BCUT2D eigenvalue weighted by molar-refractivity contribution is 7.99. The molecule has 1 aromatic heterocycles. The lowest BCUT2D eigenvalue weighted by atomic mass is 10.2. The summed E-state index contributed by atoms with van der Waals surface area (Å²) in [5, 5.41) is 21.6. The average molecular weight is 348 g/mol. The van der Waals surface area contributed by atoms with Crippen molar-refractivity contribution in [3.8, 4) is 11.5 Å². The molecule has 0 fully saturated rings. The van der Waals surface area contributed by atoms with Crippen molar-refractivity contribution in [2.45, 2.75) is 11.8 Å². The number of carbonyl (C=O) groups is 1. The van der Waals surface area contributed by atoms with Crippen LogP contribution in [0.15, 0.2) is 46.0 Å². The number of fused-ring (bicyclic) bond motifs is 1. The topological polar surface area (TPSA) is 95.6 Å². The van der Waals surface area contributed by atoms with Gasteiger partial charge in [0.05, 0.1) is 5.75 Å². The van der Waals surface area contributed by atoms with Gasteiger partial charge in [0.25, 0.3) is 5.22 Å². The summed E-state index contributed by atoms with van der Waals surface area (Å²) in [6.45, 7) is 0.214. The number of hydrogen-bond acceptors (Lipinski definition) is 6. The van der Waals surface area contributed by atoms with E-state index >= 15 is 0 Å². The number of carbonyl (C=O) groups excluding carboxylic acids is 1. The van der Waals surface area contributed by atoms with Gasteiger partial charge in [-0.25, -0.2) is 9.37 Å². The predicted octanol–water partition coefficient (Wildman–Crippen LogP) is 2.79. The Kier molecular flexibility index (Phi) is 4.57. The molecule has 0 aliphatic carbocycles. The summed E-state index contributed by atoms with van der Waals surface area (Å²) in [4.78, 5) is 15.9. The van der Waals surface area contributed by atoms with Crippen LogP contribution in [0.5, 0.6) is 11.5 Å². The van der Waals surface area contributed by atoms with Crippen molar-refractivity contribution in [2.24, 2.45) is 0 Å². The van der Waals surface area contributed by atoms with Crippen molar-refractivity contribution in [2.75, 3.05) is 5.75 Å². The van der Waals surface area contributed by atoms with E-state index in [1.807, 2.05) is 0 Å². The molecule has 0 spiro atoms. The number of amides is 1. The molecule has 1 heterocycles. The zero-order valence-corrected chi connectivity index (χ0v) is 13.1. The maximum Gasteiger partial charge on any atom is 0.257 e. The summed E-state index contributed by atoms with van der Waals surface area (Å²) in [5.41, 5.74) is 1.51. The number of rotatable bonds is 5. The molecule has 2 aromatic carbocycles. The molecule has 124 valence electrons. The molecule has 0 aliphatic rings. The smallest absolute Gasteiger partial charge is 0.257 e. The molecule has 0 unspecified atom stereocenters. The monoisotopic (exact) mass is 348 g/mol. The summed E-state index contributed by atoms with van der Waals surface area (Å²) in [7, 11) is 0. The molecule has 6 nitrogen and oxygen atoms in total. The fraction of sp³-hybridized carbons (Fsp3) is 0.125. The third-order valence-electron chi connectivity index (χ3n) is 3.19. The Balaban J connectivity index is 1.53. The fourth-order valence-corrected chi connectivity index (χ4v) is 2.67. The van der Waals surface area contributed by atoms with Crippen molar-refractivity contribution in [3.05, 3.63) is 47.8 Å². The number of benzene rings is 2. The molecular formula is C16H13FN2O4S. The predicted molar refractivity (Wildman–Crippen MR) is 86.3 cm³/mol. The molecule has 0 radical (unpaired) electrons. The highest BCUT2D eigenvalue weighted by Crippen LogP contribution is 2.25. The Labute approximate surface area is 140 Å². The number of aromatic nitrogens is 1. The summed E-state index contributed by atoms with van der Waals surface area (Å²) in [6, 6.07) is 8.35. The minimum absolute atomic E-state index is 0.0827. The van der Waals surface area contributed by atoms with Gasteiger partial charge in [0.2, 0.25) is 5.91 Å². The quantitative estimate of drug-likeness (QED) is 0.485. The first kappa shape index (κ1) is 16.1.